The van der Waals surface area contributed by atoms with Gasteiger partial charge in [0.25, 0.3) is 0 Å². The number of fused-ring (bicyclic) bond motifs is 4. The SMILES string of the molecule is CC1c2[nH]c3ccccc3c2CC2C(=O)N(Cc3ccccc3)CC21. The van der Waals surface area contributed by atoms with Crippen molar-refractivity contribution >= 4 is 16.8 Å². The van der Waals surface area contributed by atoms with Gasteiger partial charge in [-0.15, -0.1) is 0 Å². The van der Waals surface area contributed by atoms with E-state index < -0.39 is 0 Å². The predicted octanol–water partition coefficient (Wildman–Crippen LogP) is 4.10. The van der Waals surface area contributed by atoms with Crippen LogP contribution in [-0.4, -0.2) is 22.3 Å². The molecular weight excluding hydrogens is 308 g/mol. The van der Waals surface area contributed by atoms with Crippen molar-refractivity contribution in [2.75, 3.05) is 6.54 Å². The van der Waals surface area contributed by atoms with Gasteiger partial charge >= 0.3 is 0 Å². The zero-order valence-electron chi connectivity index (χ0n) is 14.4. The zero-order chi connectivity index (χ0) is 17.0. The molecule has 3 unspecified atom stereocenters. The van der Waals surface area contributed by atoms with Crippen molar-refractivity contribution in [1.29, 1.82) is 0 Å². The minimum Gasteiger partial charge on any atom is -0.358 e. The molecular formula is C22H22N2O. The van der Waals surface area contributed by atoms with Gasteiger partial charge in [-0.3, -0.25) is 4.79 Å². The van der Waals surface area contributed by atoms with Gasteiger partial charge in [-0.1, -0.05) is 55.5 Å². The second-order valence-electron chi connectivity index (χ2n) is 7.53. The van der Waals surface area contributed by atoms with Crippen LogP contribution in [0.1, 0.15) is 29.7 Å². The summed E-state index contributed by atoms with van der Waals surface area (Å²) in [7, 11) is 0. The molecule has 5 rings (SSSR count). The number of carbonyl (C=O) groups is 1. The maximum atomic E-state index is 13.1. The van der Waals surface area contributed by atoms with Crippen molar-refractivity contribution in [2.45, 2.75) is 25.8 Å². The maximum absolute atomic E-state index is 13.1. The molecule has 2 heterocycles. The minimum atomic E-state index is 0.130. The average Bonchev–Trinajstić information content (AvgIpc) is 3.16. The second-order valence-corrected chi connectivity index (χ2v) is 7.53. The Bertz CT molecular complexity index is 943. The van der Waals surface area contributed by atoms with Crippen LogP contribution in [0.4, 0.5) is 0 Å². The summed E-state index contributed by atoms with van der Waals surface area (Å²) in [5.41, 5.74) is 5.12. The van der Waals surface area contributed by atoms with Gasteiger partial charge < -0.3 is 9.88 Å². The van der Waals surface area contributed by atoms with Crippen molar-refractivity contribution in [3.05, 3.63) is 71.4 Å². The first-order chi connectivity index (χ1) is 12.2. The largest absolute Gasteiger partial charge is 0.358 e. The van der Waals surface area contributed by atoms with Crippen LogP contribution in [-0.2, 0) is 17.8 Å². The summed E-state index contributed by atoms with van der Waals surface area (Å²) >= 11 is 0. The van der Waals surface area contributed by atoms with Crippen molar-refractivity contribution < 1.29 is 4.79 Å². The third-order valence-electron chi connectivity index (χ3n) is 6.16. The molecule has 2 aromatic carbocycles. The molecule has 1 saturated heterocycles. The van der Waals surface area contributed by atoms with E-state index in [1.54, 1.807) is 0 Å². The van der Waals surface area contributed by atoms with E-state index in [1.807, 2.05) is 18.2 Å². The average molecular weight is 330 g/mol. The van der Waals surface area contributed by atoms with Gasteiger partial charge in [-0.2, -0.15) is 0 Å². The number of hydrogen-bond acceptors (Lipinski definition) is 1. The lowest BCUT2D eigenvalue weighted by molar-refractivity contribution is -0.131. The standard InChI is InChI=1S/C22H22N2O/c1-14-19-13-24(12-15-7-3-2-4-8-15)22(25)18(19)11-17-16-9-5-6-10-20(16)23-21(14)17/h2-10,14,18-19,23H,11-13H2,1H3. The number of para-hydroxylation sites is 1. The number of nitrogens with one attached hydrogen (secondary N) is 1. The number of hydrogen-bond donors (Lipinski definition) is 1. The van der Waals surface area contributed by atoms with Crippen molar-refractivity contribution in [2.24, 2.45) is 11.8 Å². The van der Waals surface area contributed by atoms with Gasteiger partial charge in [0, 0.05) is 41.5 Å². The van der Waals surface area contributed by atoms with Crippen molar-refractivity contribution in [3.8, 4) is 0 Å². The van der Waals surface area contributed by atoms with Crippen LogP contribution in [0.15, 0.2) is 54.6 Å². The van der Waals surface area contributed by atoms with Gasteiger partial charge in [0.2, 0.25) is 5.91 Å². The summed E-state index contributed by atoms with van der Waals surface area (Å²) < 4.78 is 0. The summed E-state index contributed by atoms with van der Waals surface area (Å²) in [6.45, 7) is 3.88. The van der Waals surface area contributed by atoms with Crippen LogP contribution in [0.2, 0.25) is 0 Å². The Morgan fingerprint density at radius 2 is 1.84 bits per heavy atom. The molecule has 1 fully saturated rings. The molecule has 1 aliphatic carbocycles. The molecule has 0 saturated carbocycles. The quantitative estimate of drug-likeness (QED) is 0.754. The summed E-state index contributed by atoms with van der Waals surface area (Å²) in [6, 6.07) is 18.8. The van der Waals surface area contributed by atoms with Crippen LogP contribution >= 0.6 is 0 Å². The number of aromatic amines is 1. The van der Waals surface area contributed by atoms with Gasteiger partial charge in [-0.05, 0) is 29.5 Å². The molecule has 1 amide bonds. The lowest BCUT2D eigenvalue weighted by Crippen LogP contribution is -2.29. The molecule has 0 bridgehead atoms. The number of amides is 1. The van der Waals surface area contributed by atoms with Crippen molar-refractivity contribution in [1.82, 2.24) is 9.88 Å². The molecule has 1 aromatic heterocycles. The second kappa shape index (κ2) is 5.48. The monoisotopic (exact) mass is 330 g/mol. The van der Waals surface area contributed by atoms with E-state index >= 15 is 0 Å². The third kappa shape index (κ3) is 2.22. The zero-order valence-corrected chi connectivity index (χ0v) is 14.4. The Labute approximate surface area is 147 Å². The first-order valence-electron chi connectivity index (χ1n) is 9.14. The highest BCUT2D eigenvalue weighted by molar-refractivity contribution is 5.88. The van der Waals surface area contributed by atoms with Gasteiger partial charge in [0.1, 0.15) is 0 Å². The molecule has 126 valence electrons. The van der Waals surface area contributed by atoms with Gasteiger partial charge in [0.05, 0.1) is 0 Å². The molecule has 1 aliphatic heterocycles. The number of benzene rings is 2. The van der Waals surface area contributed by atoms with Crippen LogP contribution < -0.4 is 0 Å². The summed E-state index contributed by atoms with van der Waals surface area (Å²) in [4.78, 5) is 18.8. The molecule has 0 radical (unpaired) electrons. The first kappa shape index (κ1) is 14.8. The van der Waals surface area contributed by atoms with Gasteiger partial charge in [0.15, 0.2) is 0 Å². The van der Waals surface area contributed by atoms with Crippen LogP contribution in [0, 0.1) is 11.8 Å². The number of H-pyrrole nitrogens is 1. The lowest BCUT2D eigenvalue weighted by Gasteiger charge is -2.29. The summed E-state index contributed by atoms with van der Waals surface area (Å²) in [6.07, 6.45) is 0.873. The normalized spacial score (nSPS) is 25.2. The molecule has 25 heavy (non-hydrogen) atoms. The van der Waals surface area contributed by atoms with Crippen molar-refractivity contribution in [3.63, 3.8) is 0 Å². The highest BCUT2D eigenvalue weighted by Crippen LogP contribution is 2.46. The number of rotatable bonds is 2. The number of nitrogens with zero attached hydrogens (tertiary/aromatic N) is 1. The fraction of sp³-hybridized carbons (Fsp3) is 0.318. The molecule has 3 nitrogen and oxygen atoms in total. The van der Waals surface area contributed by atoms with E-state index in [-0.39, 0.29) is 5.92 Å². The molecule has 3 atom stereocenters. The summed E-state index contributed by atoms with van der Waals surface area (Å²) in [5, 5.41) is 1.29. The number of aromatic nitrogens is 1. The maximum Gasteiger partial charge on any atom is 0.226 e. The predicted molar refractivity (Wildman–Crippen MR) is 99.3 cm³/mol. The van der Waals surface area contributed by atoms with E-state index in [0.29, 0.717) is 17.7 Å². The Hall–Kier alpha value is -2.55. The fourth-order valence-electron chi connectivity index (χ4n) is 4.84. The Kier molecular flexibility index (Phi) is 3.24. The number of carbonyl (C=O) groups excluding carboxylic acids is 1. The molecule has 1 N–H and O–H groups in total. The van der Waals surface area contributed by atoms with Crippen LogP contribution in [0.5, 0.6) is 0 Å². The van der Waals surface area contributed by atoms with Crippen LogP contribution in [0.25, 0.3) is 10.9 Å². The third-order valence-corrected chi connectivity index (χ3v) is 6.16. The Morgan fingerprint density at radius 1 is 1.08 bits per heavy atom. The molecule has 3 heteroatoms. The van der Waals surface area contributed by atoms with E-state index in [2.05, 4.69) is 53.2 Å². The number of likely N-dealkylation sites (tertiary alicyclic amines) is 1. The first-order valence-corrected chi connectivity index (χ1v) is 9.14. The Balaban J connectivity index is 1.47. The fourth-order valence-corrected chi connectivity index (χ4v) is 4.84. The van der Waals surface area contributed by atoms with E-state index in [0.717, 1.165) is 19.5 Å². The molecule has 3 aromatic rings. The van der Waals surface area contributed by atoms with E-state index in [9.17, 15) is 4.79 Å². The van der Waals surface area contributed by atoms with E-state index in [4.69, 9.17) is 0 Å². The molecule has 0 spiro atoms. The van der Waals surface area contributed by atoms with Gasteiger partial charge in [-0.25, -0.2) is 0 Å². The Morgan fingerprint density at radius 3 is 2.68 bits per heavy atom. The van der Waals surface area contributed by atoms with E-state index in [1.165, 1.54) is 27.7 Å². The van der Waals surface area contributed by atoms with Crippen LogP contribution in [0.3, 0.4) is 0 Å². The smallest absolute Gasteiger partial charge is 0.226 e. The summed E-state index contributed by atoms with van der Waals surface area (Å²) in [5.74, 6) is 1.27. The highest BCUT2D eigenvalue weighted by atomic mass is 16.2. The topological polar surface area (TPSA) is 36.1 Å². The highest BCUT2D eigenvalue weighted by Gasteiger charge is 2.47. The minimum absolute atomic E-state index is 0.130. The molecule has 2 aliphatic rings. The lowest BCUT2D eigenvalue weighted by atomic mass is 9.73.